The Morgan fingerprint density at radius 1 is 1.19 bits per heavy atom. The number of hydrogen-bond donors (Lipinski definition) is 2. The number of nitrogens with two attached hydrogens (primary N) is 1. The van der Waals surface area contributed by atoms with Gasteiger partial charge in [-0.05, 0) is 12.8 Å². The predicted octanol–water partition coefficient (Wildman–Crippen LogP) is 3.04. The van der Waals surface area contributed by atoms with Crippen LogP contribution in [0.15, 0.2) is 24.8 Å². The van der Waals surface area contributed by atoms with Crippen molar-refractivity contribution in [3.63, 3.8) is 0 Å². The maximum absolute atomic E-state index is 13.4. The van der Waals surface area contributed by atoms with E-state index in [2.05, 4.69) is 25.4 Å². The molecule has 142 valence electrons. The van der Waals surface area contributed by atoms with Gasteiger partial charge >= 0.3 is 0 Å². The minimum absolute atomic E-state index is 0.0323. The lowest BCUT2D eigenvalue weighted by atomic mass is 9.91. The van der Waals surface area contributed by atoms with Gasteiger partial charge in [0.25, 0.3) is 6.43 Å². The number of pyridine rings is 1. The molecule has 9 heteroatoms. The van der Waals surface area contributed by atoms with Crippen LogP contribution in [-0.2, 0) is 7.05 Å². The van der Waals surface area contributed by atoms with Gasteiger partial charge in [-0.2, -0.15) is 5.10 Å². The molecule has 2 atom stereocenters. The minimum Gasteiger partial charge on any atom is -0.350 e. The summed E-state index contributed by atoms with van der Waals surface area (Å²) in [7, 11) is 1.79. The monoisotopic (exact) mass is 373 g/mol. The van der Waals surface area contributed by atoms with Gasteiger partial charge in [-0.25, -0.2) is 18.7 Å². The Hall–Kier alpha value is -2.68. The van der Waals surface area contributed by atoms with Gasteiger partial charge in [-0.1, -0.05) is 12.8 Å². The fourth-order valence-corrected chi connectivity index (χ4v) is 3.56. The van der Waals surface area contributed by atoms with E-state index < -0.39 is 6.43 Å². The molecule has 1 aliphatic rings. The lowest BCUT2D eigenvalue weighted by molar-refractivity contribution is 0.148. The van der Waals surface area contributed by atoms with Crippen molar-refractivity contribution in [2.45, 2.75) is 44.2 Å². The maximum atomic E-state index is 13.4. The summed E-state index contributed by atoms with van der Waals surface area (Å²) < 4.78 is 28.4. The van der Waals surface area contributed by atoms with Crippen LogP contribution < -0.4 is 11.1 Å². The van der Waals surface area contributed by atoms with Gasteiger partial charge < -0.3 is 11.1 Å². The molecule has 0 spiro atoms. The summed E-state index contributed by atoms with van der Waals surface area (Å²) in [6, 6.07) is 0.111. The molecule has 3 aromatic rings. The zero-order valence-electron chi connectivity index (χ0n) is 14.9. The standard InChI is InChI=1S/C18H21F2N7/c1-27-9-10(6-24-27)11-7-22-16(17(19)20)12-8-23-18(26-15(11)12)25-14-5-3-2-4-13(14)21/h6-9,13-14,17H,2-5,21H2,1H3,(H,23,25,26)/t13-,14+/m0/s1. The van der Waals surface area contributed by atoms with Crippen molar-refractivity contribution in [1.29, 1.82) is 0 Å². The average Bonchev–Trinajstić information content (AvgIpc) is 3.08. The van der Waals surface area contributed by atoms with E-state index >= 15 is 0 Å². The van der Waals surface area contributed by atoms with Crippen LogP contribution in [0.1, 0.15) is 37.8 Å². The fourth-order valence-electron chi connectivity index (χ4n) is 3.56. The van der Waals surface area contributed by atoms with E-state index in [9.17, 15) is 8.78 Å². The number of anilines is 1. The molecule has 4 rings (SSSR count). The van der Waals surface area contributed by atoms with Gasteiger partial charge in [0.2, 0.25) is 5.95 Å². The predicted molar refractivity (Wildman–Crippen MR) is 98.3 cm³/mol. The summed E-state index contributed by atoms with van der Waals surface area (Å²) in [4.78, 5) is 12.7. The van der Waals surface area contributed by atoms with Gasteiger partial charge in [0.05, 0.1) is 11.7 Å². The SMILES string of the molecule is Cn1cc(-c2cnc(C(F)F)c3cnc(N[C@@H]4CCCC[C@@H]4N)nc23)cn1. The highest BCUT2D eigenvalue weighted by atomic mass is 19.3. The summed E-state index contributed by atoms with van der Waals surface area (Å²) in [6.45, 7) is 0. The molecule has 1 fully saturated rings. The van der Waals surface area contributed by atoms with E-state index in [-0.39, 0.29) is 23.2 Å². The van der Waals surface area contributed by atoms with Crippen molar-refractivity contribution in [3.8, 4) is 11.1 Å². The zero-order chi connectivity index (χ0) is 19.0. The largest absolute Gasteiger partial charge is 0.350 e. The Balaban J connectivity index is 1.79. The molecule has 0 amide bonds. The van der Waals surface area contributed by atoms with E-state index in [1.807, 2.05) is 0 Å². The first kappa shape index (κ1) is 17.7. The van der Waals surface area contributed by atoms with Crippen molar-refractivity contribution in [3.05, 3.63) is 30.5 Å². The molecule has 7 nitrogen and oxygen atoms in total. The van der Waals surface area contributed by atoms with E-state index in [0.717, 1.165) is 31.2 Å². The van der Waals surface area contributed by atoms with Gasteiger partial charge in [-0.15, -0.1) is 0 Å². The van der Waals surface area contributed by atoms with Crippen molar-refractivity contribution >= 4 is 16.9 Å². The first-order valence-electron chi connectivity index (χ1n) is 8.98. The van der Waals surface area contributed by atoms with Gasteiger partial charge in [-0.3, -0.25) is 9.67 Å². The number of nitrogens with zero attached hydrogens (tertiary/aromatic N) is 5. The maximum Gasteiger partial charge on any atom is 0.281 e. The number of halogens is 2. The van der Waals surface area contributed by atoms with Gasteiger partial charge in [0.15, 0.2) is 0 Å². The molecule has 0 aromatic carbocycles. The highest BCUT2D eigenvalue weighted by Crippen LogP contribution is 2.32. The second-order valence-electron chi connectivity index (χ2n) is 6.92. The molecule has 3 aromatic heterocycles. The van der Waals surface area contributed by atoms with Crippen LogP contribution in [0.3, 0.4) is 0 Å². The van der Waals surface area contributed by atoms with E-state index in [4.69, 9.17) is 5.73 Å². The second-order valence-corrected chi connectivity index (χ2v) is 6.92. The van der Waals surface area contributed by atoms with E-state index in [0.29, 0.717) is 17.0 Å². The molecular weight excluding hydrogens is 352 g/mol. The molecule has 0 radical (unpaired) electrons. The summed E-state index contributed by atoms with van der Waals surface area (Å²) in [6.07, 6.45) is 7.69. The highest BCUT2D eigenvalue weighted by Gasteiger charge is 2.23. The highest BCUT2D eigenvalue weighted by molar-refractivity contribution is 5.94. The Kier molecular flexibility index (Phi) is 4.69. The zero-order valence-corrected chi connectivity index (χ0v) is 14.9. The topological polar surface area (TPSA) is 94.5 Å². The Morgan fingerprint density at radius 3 is 2.70 bits per heavy atom. The Bertz CT molecular complexity index is 956. The van der Waals surface area contributed by atoms with Gasteiger partial charge in [0, 0.05) is 54.2 Å². The Labute approximate surface area is 155 Å². The third-order valence-corrected chi connectivity index (χ3v) is 5.01. The number of fused-ring (bicyclic) bond motifs is 1. The van der Waals surface area contributed by atoms with E-state index in [1.54, 1.807) is 24.1 Å². The van der Waals surface area contributed by atoms with Crippen LogP contribution in [0.2, 0.25) is 0 Å². The third kappa shape index (κ3) is 3.46. The minimum atomic E-state index is -2.70. The number of nitrogens with one attached hydrogen (secondary N) is 1. The number of alkyl halides is 2. The molecular formula is C18H21F2N7. The summed E-state index contributed by atoms with van der Waals surface area (Å²) in [5, 5.41) is 7.67. The molecule has 0 saturated heterocycles. The molecule has 0 aliphatic heterocycles. The van der Waals surface area contributed by atoms with Crippen LogP contribution in [0.25, 0.3) is 22.0 Å². The van der Waals surface area contributed by atoms with Crippen LogP contribution in [0, 0.1) is 0 Å². The number of aromatic nitrogens is 5. The van der Waals surface area contributed by atoms with Crippen molar-refractivity contribution in [1.82, 2.24) is 24.7 Å². The molecule has 27 heavy (non-hydrogen) atoms. The molecule has 0 bridgehead atoms. The first-order valence-corrected chi connectivity index (χ1v) is 8.98. The van der Waals surface area contributed by atoms with Crippen molar-refractivity contribution in [2.75, 3.05) is 5.32 Å². The molecule has 3 N–H and O–H groups in total. The number of rotatable bonds is 4. The molecule has 1 saturated carbocycles. The first-order chi connectivity index (χ1) is 13.0. The second kappa shape index (κ2) is 7.15. The number of aryl methyl sites for hydroxylation is 1. The summed E-state index contributed by atoms with van der Waals surface area (Å²) in [5.74, 6) is 0.390. The van der Waals surface area contributed by atoms with Crippen LogP contribution in [0.5, 0.6) is 0 Å². The lowest BCUT2D eigenvalue weighted by Gasteiger charge is -2.29. The fraction of sp³-hybridized carbons (Fsp3) is 0.444. The summed E-state index contributed by atoms with van der Waals surface area (Å²) >= 11 is 0. The van der Waals surface area contributed by atoms with Crippen LogP contribution in [-0.4, -0.2) is 36.8 Å². The van der Waals surface area contributed by atoms with E-state index in [1.165, 1.54) is 12.4 Å². The van der Waals surface area contributed by atoms with Crippen molar-refractivity contribution < 1.29 is 8.78 Å². The van der Waals surface area contributed by atoms with Crippen LogP contribution >= 0.6 is 0 Å². The lowest BCUT2D eigenvalue weighted by Crippen LogP contribution is -2.42. The van der Waals surface area contributed by atoms with Crippen LogP contribution in [0.4, 0.5) is 14.7 Å². The third-order valence-electron chi connectivity index (χ3n) is 5.01. The normalized spacial score (nSPS) is 20.3. The van der Waals surface area contributed by atoms with Gasteiger partial charge in [0.1, 0.15) is 5.69 Å². The summed E-state index contributed by atoms with van der Waals surface area (Å²) in [5.41, 5.74) is 7.69. The average molecular weight is 373 g/mol. The Morgan fingerprint density at radius 2 is 2.00 bits per heavy atom. The smallest absolute Gasteiger partial charge is 0.281 e. The molecule has 0 unspecified atom stereocenters. The molecule has 3 heterocycles. The quantitative estimate of drug-likeness (QED) is 0.730. The molecule has 1 aliphatic carbocycles. The van der Waals surface area contributed by atoms with Crippen molar-refractivity contribution in [2.24, 2.45) is 12.8 Å². The number of hydrogen-bond acceptors (Lipinski definition) is 6.